The van der Waals surface area contributed by atoms with Crippen LogP contribution in [0.15, 0.2) is 80.9 Å². The molecular weight excluding hydrogens is 520 g/mol. The Morgan fingerprint density at radius 2 is 1.67 bits per heavy atom. The smallest absolute Gasteiger partial charge is 0.330 e. The number of thioether (sulfide) groups is 1. The summed E-state index contributed by atoms with van der Waals surface area (Å²) in [6, 6.07) is 20.9. The van der Waals surface area contributed by atoms with E-state index in [1.54, 1.807) is 11.8 Å². The highest BCUT2D eigenvalue weighted by molar-refractivity contribution is 9.10. The Bertz CT molecular complexity index is 1170. The number of nitrogens with zero attached hydrogens (tertiary/aromatic N) is 1. The fraction of sp³-hybridized carbons (Fsp3) is 0.333. The molecular formula is C24H27BrN2O4SSi. The third-order valence-electron chi connectivity index (χ3n) is 5.82. The lowest BCUT2D eigenvalue weighted by Gasteiger charge is -2.43. The molecule has 2 heterocycles. The SMILES string of the molecule is CC(C)(C)[Si](OC[C@@H]1OC(n2cc(Br)c(=O)[nH]c2=O)CS1)(c1ccccc1)c1ccccc1. The second-order valence-corrected chi connectivity index (χ2v) is 15.3. The third-order valence-corrected chi connectivity index (χ3v) is 12.5. The van der Waals surface area contributed by atoms with Crippen LogP contribution < -0.4 is 21.6 Å². The lowest BCUT2D eigenvalue weighted by Crippen LogP contribution is -2.67. The van der Waals surface area contributed by atoms with Gasteiger partial charge in [-0.1, -0.05) is 81.4 Å². The van der Waals surface area contributed by atoms with E-state index < -0.39 is 25.8 Å². The predicted molar refractivity (Wildman–Crippen MR) is 139 cm³/mol. The Balaban J connectivity index is 1.62. The molecule has 3 aromatic rings. The molecule has 0 saturated carbocycles. The number of aromatic amines is 1. The fourth-order valence-corrected chi connectivity index (χ4v) is 10.3. The maximum absolute atomic E-state index is 12.3. The average molecular weight is 548 g/mol. The van der Waals surface area contributed by atoms with Gasteiger partial charge in [0.15, 0.2) is 0 Å². The van der Waals surface area contributed by atoms with Crippen LogP contribution in [0.4, 0.5) is 0 Å². The predicted octanol–water partition coefficient (Wildman–Crippen LogP) is 3.46. The lowest BCUT2D eigenvalue weighted by molar-refractivity contribution is -0.00371. The van der Waals surface area contributed by atoms with Crippen molar-refractivity contribution in [3.05, 3.63) is 92.2 Å². The van der Waals surface area contributed by atoms with Crippen LogP contribution in [0.2, 0.25) is 5.04 Å². The van der Waals surface area contributed by atoms with Crippen molar-refractivity contribution in [3.63, 3.8) is 0 Å². The monoisotopic (exact) mass is 546 g/mol. The summed E-state index contributed by atoms with van der Waals surface area (Å²) in [5, 5.41) is 2.30. The van der Waals surface area contributed by atoms with Gasteiger partial charge in [0, 0.05) is 11.9 Å². The molecule has 2 atom stereocenters. The van der Waals surface area contributed by atoms with E-state index in [-0.39, 0.29) is 10.5 Å². The van der Waals surface area contributed by atoms with Crippen LogP contribution in [0.3, 0.4) is 0 Å². The highest BCUT2D eigenvalue weighted by atomic mass is 79.9. The topological polar surface area (TPSA) is 73.3 Å². The molecule has 1 aliphatic rings. The summed E-state index contributed by atoms with van der Waals surface area (Å²) < 4.78 is 14.8. The minimum Gasteiger partial charge on any atom is -0.404 e. The van der Waals surface area contributed by atoms with Crippen LogP contribution in [0.5, 0.6) is 0 Å². The van der Waals surface area contributed by atoms with E-state index >= 15 is 0 Å². The molecule has 4 rings (SSSR count). The van der Waals surface area contributed by atoms with Crippen LogP contribution >= 0.6 is 27.7 Å². The molecule has 33 heavy (non-hydrogen) atoms. The van der Waals surface area contributed by atoms with Gasteiger partial charge in [0.25, 0.3) is 13.9 Å². The Labute approximate surface area is 206 Å². The average Bonchev–Trinajstić information content (AvgIpc) is 3.26. The van der Waals surface area contributed by atoms with Crippen molar-refractivity contribution in [1.82, 2.24) is 9.55 Å². The van der Waals surface area contributed by atoms with Crippen LogP contribution in [-0.2, 0) is 9.16 Å². The van der Waals surface area contributed by atoms with Gasteiger partial charge in [-0.3, -0.25) is 14.3 Å². The van der Waals surface area contributed by atoms with Crippen molar-refractivity contribution in [2.45, 2.75) is 37.5 Å². The van der Waals surface area contributed by atoms with Crippen LogP contribution in [0, 0.1) is 0 Å². The van der Waals surface area contributed by atoms with Gasteiger partial charge in [-0.05, 0) is 31.3 Å². The molecule has 174 valence electrons. The van der Waals surface area contributed by atoms with Crippen LogP contribution in [0.1, 0.15) is 27.0 Å². The summed E-state index contributed by atoms with van der Waals surface area (Å²) >= 11 is 4.80. The molecule has 1 unspecified atom stereocenters. The zero-order valence-corrected chi connectivity index (χ0v) is 22.2. The van der Waals surface area contributed by atoms with E-state index in [0.29, 0.717) is 16.8 Å². The summed E-state index contributed by atoms with van der Waals surface area (Å²) in [7, 11) is -2.66. The highest BCUT2D eigenvalue weighted by Gasteiger charge is 2.50. The van der Waals surface area contributed by atoms with E-state index in [0.717, 1.165) is 0 Å². The summed E-state index contributed by atoms with van der Waals surface area (Å²) in [4.78, 5) is 26.3. The summed E-state index contributed by atoms with van der Waals surface area (Å²) in [6.45, 7) is 7.11. The van der Waals surface area contributed by atoms with E-state index in [2.05, 4.69) is 90.2 Å². The number of hydrogen-bond acceptors (Lipinski definition) is 5. The molecule has 0 amide bonds. The summed E-state index contributed by atoms with van der Waals surface area (Å²) in [5.74, 6) is 0.590. The Morgan fingerprint density at radius 3 is 2.21 bits per heavy atom. The first-order valence-electron chi connectivity index (χ1n) is 10.8. The van der Waals surface area contributed by atoms with Gasteiger partial charge in [-0.15, -0.1) is 11.8 Å². The Morgan fingerprint density at radius 1 is 1.09 bits per heavy atom. The molecule has 1 aromatic heterocycles. The van der Waals surface area contributed by atoms with Crippen molar-refractivity contribution in [1.29, 1.82) is 0 Å². The first kappa shape index (κ1) is 24.2. The minimum atomic E-state index is -2.66. The quantitative estimate of drug-likeness (QED) is 0.479. The van der Waals surface area contributed by atoms with Crippen LogP contribution in [-0.4, -0.2) is 35.7 Å². The third kappa shape index (κ3) is 4.83. The van der Waals surface area contributed by atoms with Crippen molar-refractivity contribution < 1.29 is 9.16 Å². The molecule has 0 aliphatic carbocycles. The number of nitrogens with one attached hydrogen (secondary N) is 1. The standard InChI is InChI=1S/C24H27BrN2O4SSi/c1-24(2,3)33(17-10-6-4-7-11-17,18-12-8-5-9-13-18)30-15-21-31-20(16-32-21)27-14-19(25)22(28)26-23(27)29/h4-14,20-21H,15-16H2,1-3H3,(H,26,28,29)/t20?,21-/m1/s1. The number of aromatic nitrogens is 2. The van der Waals surface area contributed by atoms with Gasteiger partial charge in [0.2, 0.25) is 0 Å². The molecule has 6 nitrogen and oxygen atoms in total. The van der Waals surface area contributed by atoms with E-state index in [1.165, 1.54) is 21.1 Å². The van der Waals surface area contributed by atoms with E-state index in [1.807, 2.05) is 12.1 Å². The molecule has 1 aliphatic heterocycles. The van der Waals surface area contributed by atoms with Gasteiger partial charge in [-0.25, -0.2) is 4.79 Å². The van der Waals surface area contributed by atoms with Gasteiger partial charge in [-0.2, -0.15) is 0 Å². The fourth-order valence-electron chi connectivity index (χ4n) is 4.31. The number of ether oxygens (including phenoxy) is 1. The number of halogens is 1. The zero-order chi connectivity index (χ0) is 23.6. The molecule has 1 fully saturated rings. The maximum atomic E-state index is 12.3. The van der Waals surface area contributed by atoms with Crippen molar-refractivity contribution in [2.24, 2.45) is 0 Å². The molecule has 2 aromatic carbocycles. The number of rotatable bonds is 6. The molecule has 0 spiro atoms. The van der Waals surface area contributed by atoms with E-state index in [4.69, 9.17) is 9.16 Å². The highest BCUT2D eigenvalue weighted by Crippen LogP contribution is 2.38. The van der Waals surface area contributed by atoms with Gasteiger partial charge in [0.1, 0.15) is 11.7 Å². The normalized spacial score (nSPS) is 19.0. The number of H-pyrrole nitrogens is 1. The molecule has 0 radical (unpaired) electrons. The minimum absolute atomic E-state index is 0.126. The summed E-state index contributed by atoms with van der Waals surface area (Å²) in [5.41, 5.74) is -1.16. The molecule has 1 saturated heterocycles. The second kappa shape index (κ2) is 9.75. The zero-order valence-electron chi connectivity index (χ0n) is 18.8. The molecule has 1 N–H and O–H groups in total. The van der Waals surface area contributed by atoms with Crippen molar-refractivity contribution >= 4 is 46.4 Å². The van der Waals surface area contributed by atoms with Gasteiger partial charge < -0.3 is 9.16 Å². The molecule has 9 heteroatoms. The van der Waals surface area contributed by atoms with Gasteiger partial charge >= 0.3 is 5.69 Å². The Hall–Kier alpha value is -1.91. The maximum Gasteiger partial charge on any atom is 0.330 e. The largest absolute Gasteiger partial charge is 0.404 e. The number of hydrogen-bond donors (Lipinski definition) is 1. The summed E-state index contributed by atoms with van der Waals surface area (Å²) in [6.07, 6.45) is 1.01. The number of benzene rings is 2. The first-order valence-corrected chi connectivity index (χ1v) is 14.5. The van der Waals surface area contributed by atoms with Crippen molar-refractivity contribution in [3.8, 4) is 0 Å². The first-order chi connectivity index (χ1) is 15.7. The second-order valence-electron chi connectivity index (χ2n) is 8.97. The van der Waals surface area contributed by atoms with Crippen molar-refractivity contribution in [2.75, 3.05) is 12.4 Å². The van der Waals surface area contributed by atoms with Gasteiger partial charge in [0.05, 0.1) is 11.1 Å². The lowest BCUT2D eigenvalue weighted by atomic mass is 10.2. The van der Waals surface area contributed by atoms with E-state index in [9.17, 15) is 9.59 Å². The molecule has 0 bridgehead atoms. The van der Waals surface area contributed by atoms with Crippen LogP contribution in [0.25, 0.3) is 0 Å². The Kier molecular flexibility index (Phi) is 7.16.